The van der Waals surface area contributed by atoms with Gasteiger partial charge in [-0.1, -0.05) is 24.3 Å². The fraction of sp³-hybridized carbons (Fsp3) is 0.154. The van der Waals surface area contributed by atoms with E-state index in [1.54, 1.807) is 29.8 Å². The van der Waals surface area contributed by atoms with Crippen molar-refractivity contribution in [2.24, 2.45) is 12.2 Å². The van der Waals surface area contributed by atoms with Gasteiger partial charge in [0.25, 0.3) is 0 Å². The zero-order valence-corrected chi connectivity index (χ0v) is 10.0. The van der Waals surface area contributed by atoms with Crippen LogP contribution in [0.1, 0.15) is 5.82 Å². The summed E-state index contributed by atoms with van der Waals surface area (Å²) in [6, 6.07) is 7.14. The minimum Gasteiger partial charge on any atom is -0.505 e. The number of hydrogen-bond donors (Lipinski definition) is 1. The van der Waals surface area contributed by atoms with Gasteiger partial charge in [0.05, 0.1) is 0 Å². The van der Waals surface area contributed by atoms with Gasteiger partial charge in [-0.2, -0.15) is 0 Å². The number of aromatic nitrogens is 2. The van der Waals surface area contributed by atoms with Crippen LogP contribution in [0, 0.1) is 11.8 Å². The zero-order chi connectivity index (χ0) is 12.9. The van der Waals surface area contributed by atoms with E-state index in [4.69, 9.17) is 0 Å². The van der Waals surface area contributed by atoms with E-state index < -0.39 is 0 Å². The maximum atomic E-state index is 11.1. The molecule has 90 valence electrons. The molecule has 0 unspecified atom stereocenters. The lowest BCUT2D eigenvalue weighted by Crippen LogP contribution is -1.90. The lowest BCUT2D eigenvalue weighted by Gasteiger charge is -2.06. The first kappa shape index (κ1) is 10.7. The van der Waals surface area contributed by atoms with Crippen molar-refractivity contribution in [3.8, 4) is 5.75 Å². The molecule has 0 aliphatic rings. The molecule has 5 nitrogen and oxygen atoms in total. The number of nitrogens with zero attached hydrogens (tertiary/aromatic N) is 3. The molecule has 0 aliphatic carbocycles. The molecule has 0 atom stereocenters. The Morgan fingerprint density at radius 2 is 1.94 bits per heavy atom. The van der Waals surface area contributed by atoms with Crippen molar-refractivity contribution < 1.29 is 5.11 Å². The fourth-order valence-corrected chi connectivity index (χ4v) is 2.29. The first-order valence-electron chi connectivity index (χ1n) is 5.55. The van der Waals surface area contributed by atoms with Gasteiger partial charge in [-0.05, 0) is 12.1 Å². The number of benzene rings is 2. The Balaban J connectivity index is 2.70. The maximum Gasteiger partial charge on any atom is 0.149 e. The topological polar surface area (TPSA) is 67.5 Å². The third-order valence-corrected chi connectivity index (χ3v) is 3.30. The van der Waals surface area contributed by atoms with Crippen molar-refractivity contribution in [3.63, 3.8) is 0 Å². The Morgan fingerprint density at radius 3 is 2.61 bits per heavy atom. The normalized spacial score (nSPS) is 11.2. The molecular formula is C13H11N3O2. The molecule has 0 spiro atoms. The average Bonchev–Trinajstić information content (AvgIpc) is 2.67. The third-order valence-electron chi connectivity index (χ3n) is 3.30. The molecule has 1 aromatic heterocycles. The highest BCUT2D eigenvalue weighted by Gasteiger charge is 2.18. The van der Waals surface area contributed by atoms with E-state index in [1.807, 2.05) is 13.0 Å². The van der Waals surface area contributed by atoms with E-state index in [2.05, 4.69) is 10.2 Å². The smallest absolute Gasteiger partial charge is 0.149 e. The van der Waals surface area contributed by atoms with Gasteiger partial charge in [-0.25, -0.2) is 4.98 Å². The molecule has 0 saturated carbocycles. The summed E-state index contributed by atoms with van der Waals surface area (Å²) < 4.78 is 1.76. The van der Waals surface area contributed by atoms with E-state index in [-0.39, 0.29) is 11.4 Å². The van der Waals surface area contributed by atoms with Crippen LogP contribution in [0.3, 0.4) is 0 Å². The van der Waals surface area contributed by atoms with Crippen molar-refractivity contribution >= 4 is 27.5 Å². The van der Waals surface area contributed by atoms with Crippen molar-refractivity contribution in [3.05, 3.63) is 35.0 Å². The first-order valence-corrected chi connectivity index (χ1v) is 5.55. The molecule has 1 heterocycles. The number of fused-ring (bicyclic) bond motifs is 2. The highest BCUT2D eigenvalue weighted by Crippen LogP contribution is 2.41. The number of rotatable bonds is 1. The quantitative estimate of drug-likeness (QED) is 0.665. The fourth-order valence-electron chi connectivity index (χ4n) is 2.29. The summed E-state index contributed by atoms with van der Waals surface area (Å²) in [4.78, 5) is 15.4. The van der Waals surface area contributed by atoms with Gasteiger partial charge in [-0.3, -0.25) is 0 Å². The Bertz CT molecular complexity index is 790. The van der Waals surface area contributed by atoms with Crippen LogP contribution in [0.15, 0.2) is 29.4 Å². The molecule has 5 heteroatoms. The van der Waals surface area contributed by atoms with E-state index in [0.29, 0.717) is 21.8 Å². The van der Waals surface area contributed by atoms with Crippen molar-refractivity contribution in [2.75, 3.05) is 0 Å². The Labute approximate surface area is 103 Å². The van der Waals surface area contributed by atoms with Crippen LogP contribution in [-0.2, 0) is 7.05 Å². The first-order chi connectivity index (χ1) is 8.65. The number of phenols is 1. The number of imidazole rings is 1. The van der Waals surface area contributed by atoms with Gasteiger partial charge in [0, 0.05) is 17.8 Å². The molecule has 3 rings (SSSR count). The highest BCUT2D eigenvalue weighted by atomic mass is 16.3. The third kappa shape index (κ3) is 1.18. The summed E-state index contributed by atoms with van der Waals surface area (Å²) >= 11 is 0. The van der Waals surface area contributed by atoms with Gasteiger partial charge < -0.3 is 9.67 Å². The average molecular weight is 241 g/mol. The maximum absolute atomic E-state index is 11.1. The molecule has 18 heavy (non-hydrogen) atoms. The van der Waals surface area contributed by atoms with Crippen LogP contribution < -0.4 is 0 Å². The molecule has 0 bridgehead atoms. The van der Waals surface area contributed by atoms with Crippen molar-refractivity contribution in [1.29, 1.82) is 0 Å². The van der Waals surface area contributed by atoms with Crippen LogP contribution in [0.2, 0.25) is 0 Å². The standard InChI is InChI=1S/C13H11N3O2/c1-7-14-11-10(15-18)8-5-3-4-6-9(8)13(17)12(11)16(7)2/h3-6,17H,1-2H3. The second kappa shape index (κ2) is 3.53. The molecular weight excluding hydrogens is 230 g/mol. The highest BCUT2D eigenvalue weighted by molar-refractivity contribution is 6.12. The largest absolute Gasteiger partial charge is 0.505 e. The lowest BCUT2D eigenvalue weighted by molar-refractivity contribution is 0.485. The van der Waals surface area contributed by atoms with Crippen LogP contribution in [0.25, 0.3) is 21.8 Å². The van der Waals surface area contributed by atoms with Gasteiger partial charge in [0.2, 0.25) is 0 Å². The molecule has 0 amide bonds. The number of phenolic OH excluding ortho intramolecular Hbond substituents is 1. The summed E-state index contributed by atoms with van der Waals surface area (Å²) in [6.07, 6.45) is 0. The summed E-state index contributed by atoms with van der Waals surface area (Å²) in [5, 5.41) is 14.6. The minimum absolute atomic E-state index is 0.135. The SMILES string of the molecule is Cc1nc2c(N=O)c3ccccc3c(O)c2n1C. The van der Waals surface area contributed by atoms with Gasteiger partial charge in [0.15, 0.2) is 0 Å². The number of hydrogen-bond acceptors (Lipinski definition) is 4. The van der Waals surface area contributed by atoms with Crippen LogP contribution in [0.5, 0.6) is 5.75 Å². The van der Waals surface area contributed by atoms with E-state index in [0.717, 1.165) is 5.82 Å². The predicted molar refractivity (Wildman–Crippen MR) is 70.1 cm³/mol. The van der Waals surface area contributed by atoms with Crippen LogP contribution in [-0.4, -0.2) is 14.7 Å². The predicted octanol–water partition coefficient (Wildman–Crippen LogP) is 3.14. The summed E-state index contributed by atoms with van der Waals surface area (Å²) in [6.45, 7) is 1.82. The second-order valence-electron chi connectivity index (χ2n) is 4.25. The Morgan fingerprint density at radius 1 is 1.28 bits per heavy atom. The van der Waals surface area contributed by atoms with E-state index in [1.165, 1.54) is 0 Å². The molecule has 2 aromatic carbocycles. The van der Waals surface area contributed by atoms with Crippen molar-refractivity contribution in [1.82, 2.24) is 9.55 Å². The van der Waals surface area contributed by atoms with E-state index in [9.17, 15) is 10.0 Å². The summed E-state index contributed by atoms with van der Waals surface area (Å²) in [5.41, 5.74) is 1.27. The van der Waals surface area contributed by atoms with Crippen LogP contribution in [0.4, 0.5) is 5.69 Å². The van der Waals surface area contributed by atoms with Gasteiger partial charge in [-0.15, -0.1) is 4.91 Å². The molecule has 3 aromatic rings. The summed E-state index contributed by atoms with van der Waals surface area (Å²) in [7, 11) is 1.80. The Hall–Kier alpha value is -2.43. The number of aryl methyl sites for hydroxylation is 2. The minimum atomic E-state index is 0.135. The molecule has 1 N–H and O–H groups in total. The van der Waals surface area contributed by atoms with E-state index >= 15 is 0 Å². The zero-order valence-electron chi connectivity index (χ0n) is 10.0. The van der Waals surface area contributed by atoms with Crippen molar-refractivity contribution in [2.45, 2.75) is 6.92 Å². The Kier molecular flexibility index (Phi) is 2.10. The molecule has 0 aliphatic heterocycles. The monoisotopic (exact) mass is 241 g/mol. The second-order valence-corrected chi connectivity index (χ2v) is 4.25. The number of aromatic hydroxyl groups is 1. The van der Waals surface area contributed by atoms with Gasteiger partial charge >= 0.3 is 0 Å². The van der Waals surface area contributed by atoms with Gasteiger partial charge in [0.1, 0.15) is 28.3 Å². The molecule has 0 radical (unpaired) electrons. The lowest BCUT2D eigenvalue weighted by atomic mass is 10.1. The van der Waals surface area contributed by atoms with Crippen LogP contribution >= 0.6 is 0 Å². The molecule has 0 saturated heterocycles. The summed E-state index contributed by atoms with van der Waals surface area (Å²) in [5.74, 6) is 0.858. The molecule has 0 fully saturated rings. The number of nitroso groups, excluding NO2 is 1.